The summed E-state index contributed by atoms with van der Waals surface area (Å²) in [5.41, 5.74) is 2.75. The van der Waals surface area contributed by atoms with Crippen LogP contribution in [0.3, 0.4) is 0 Å². The Morgan fingerprint density at radius 2 is 1.44 bits per heavy atom. The Morgan fingerprint density at radius 3 is 1.94 bits per heavy atom. The van der Waals surface area contributed by atoms with E-state index >= 15 is 0 Å². The van der Waals surface area contributed by atoms with Gasteiger partial charge in [-0.3, -0.25) is 4.79 Å². The Balaban J connectivity index is 1.49. The molecule has 0 radical (unpaired) electrons. The Kier molecular flexibility index (Phi) is 6.10. The van der Waals surface area contributed by atoms with Crippen LogP contribution in [0, 0.1) is 17.8 Å². The van der Waals surface area contributed by atoms with Gasteiger partial charge in [-0.1, -0.05) is 20.8 Å². The van der Waals surface area contributed by atoms with Gasteiger partial charge in [0.25, 0.3) is 5.91 Å². The van der Waals surface area contributed by atoms with E-state index in [0.717, 1.165) is 23.5 Å². The fraction of sp³-hybridized carbons (Fsp3) is 0.533. The number of carbonyl (C=O) groups is 2. The van der Waals surface area contributed by atoms with Gasteiger partial charge in [-0.2, -0.15) is 0 Å². The SMILES string of the molecule is CC(C)(C)[Si](C)(C)Oc1ccc(C(=O)Nc2ccc(C(=O)O)cc2)cc1C12CC3CC(CC(C3)C1)C2. The van der Waals surface area contributed by atoms with Crippen LogP contribution in [0.5, 0.6) is 5.75 Å². The van der Waals surface area contributed by atoms with Gasteiger partial charge in [-0.15, -0.1) is 0 Å². The number of benzene rings is 2. The molecule has 4 fully saturated rings. The maximum absolute atomic E-state index is 13.3. The van der Waals surface area contributed by atoms with Crippen molar-refractivity contribution in [2.24, 2.45) is 17.8 Å². The molecule has 2 aromatic carbocycles. The number of nitrogens with one attached hydrogen (secondary N) is 1. The molecule has 6 rings (SSSR count). The van der Waals surface area contributed by atoms with E-state index < -0.39 is 14.3 Å². The van der Waals surface area contributed by atoms with Gasteiger partial charge in [0, 0.05) is 11.3 Å². The summed E-state index contributed by atoms with van der Waals surface area (Å²) in [6, 6.07) is 12.3. The van der Waals surface area contributed by atoms with Crippen LogP contribution >= 0.6 is 0 Å². The number of amides is 1. The number of carboxylic acids is 1. The summed E-state index contributed by atoms with van der Waals surface area (Å²) >= 11 is 0. The first-order valence-corrected chi connectivity index (χ1v) is 16.2. The molecule has 6 heteroatoms. The molecular formula is C30H39NO4Si. The molecule has 36 heavy (non-hydrogen) atoms. The second-order valence-electron chi connectivity index (χ2n) is 13.1. The average molecular weight is 506 g/mol. The van der Waals surface area contributed by atoms with Crippen molar-refractivity contribution < 1.29 is 19.1 Å². The molecule has 4 aliphatic rings. The van der Waals surface area contributed by atoms with Crippen molar-refractivity contribution in [2.45, 2.75) is 82.8 Å². The molecular weight excluding hydrogens is 466 g/mol. The highest BCUT2D eigenvalue weighted by molar-refractivity contribution is 6.74. The third kappa shape index (κ3) is 4.60. The molecule has 4 bridgehead atoms. The number of hydrogen-bond acceptors (Lipinski definition) is 3. The average Bonchev–Trinajstić information content (AvgIpc) is 2.77. The second-order valence-corrected chi connectivity index (χ2v) is 17.8. The van der Waals surface area contributed by atoms with Crippen LogP contribution in [0.15, 0.2) is 42.5 Å². The zero-order chi connectivity index (χ0) is 25.9. The quantitative estimate of drug-likeness (QED) is 0.399. The predicted octanol–water partition coefficient (Wildman–Crippen LogP) is 7.49. The third-order valence-electron chi connectivity index (χ3n) is 9.41. The molecule has 0 aromatic heterocycles. The molecule has 0 spiro atoms. The van der Waals surface area contributed by atoms with E-state index in [2.05, 4.69) is 45.2 Å². The maximum atomic E-state index is 13.3. The standard InChI is InChI=1S/C30H39NO4Si/c1-29(2,3)36(4,5)35-26-11-8-23(27(32)31-24-9-6-22(7-10-24)28(33)34)15-25(26)30-16-19-12-20(17-30)14-21(13-19)18-30/h6-11,15,19-21H,12-14,16-18H2,1-5H3,(H,31,32)(H,33,34). The van der Waals surface area contributed by atoms with Crippen LogP contribution in [0.25, 0.3) is 0 Å². The van der Waals surface area contributed by atoms with Gasteiger partial charge in [-0.25, -0.2) is 4.79 Å². The minimum absolute atomic E-state index is 0.0872. The van der Waals surface area contributed by atoms with Gasteiger partial charge in [0.1, 0.15) is 5.75 Å². The first-order chi connectivity index (χ1) is 16.8. The van der Waals surface area contributed by atoms with Gasteiger partial charge < -0.3 is 14.8 Å². The number of anilines is 1. The largest absolute Gasteiger partial charge is 0.543 e. The monoisotopic (exact) mass is 505 g/mol. The minimum atomic E-state index is -2.06. The summed E-state index contributed by atoms with van der Waals surface area (Å²) in [6.07, 6.45) is 7.70. The van der Waals surface area contributed by atoms with Gasteiger partial charge >= 0.3 is 5.97 Å². The van der Waals surface area contributed by atoms with E-state index in [1.165, 1.54) is 56.2 Å². The topological polar surface area (TPSA) is 75.6 Å². The Labute approximate surface area is 215 Å². The molecule has 1 amide bonds. The molecule has 0 atom stereocenters. The summed E-state index contributed by atoms with van der Waals surface area (Å²) in [6.45, 7) is 11.4. The summed E-state index contributed by atoms with van der Waals surface area (Å²) < 4.78 is 6.93. The lowest BCUT2D eigenvalue weighted by Crippen LogP contribution is -2.49. The van der Waals surface area contributed by atoms with Gasteiger partial charge in [-0.05, 0) is 128 Å². The van der Waals surface area contributed by atoms with Crippen LogP contribution in [0.1, 0.15) is 85.6 Å². The number of rotatable bonds is 6. The zero-order valence-electron chi connectivity index (χ0n) is 22.2. The highest BCUT2D eigenvalue weighted by Crippen LogP contribution is 2.62. The Bertz CT molecular complexity index is 1140. The van der Waals surface area contributed by atoms with E-state index in [4.69, 9.17) is 9.53 Å². The van der Waals surface area contributed by atoms with Crippen LogP contribution in [0.4, 0.5) is 5.69 Å². The van der Waals surface area contributed by atoms with Crippen LogP contribution in [-0.2, 0) is 5.41 Å². The van der Waals surface area contributed by atoms with Crippen molar-refractivity contribution in [3.05, 3.63) is 59.2 Å². The van der Waals surface area contributed by atoms with Crippen molar-refractivity contribution in [2.75, 3.05) is 5.32 Å². The number of hydrogen-bond donors (Lipinski definition) is 2. The smallest absolute Gasteiger partial charge is 0.335 e. The summed E-state index contributed by atoms with van der Waals surface area (Å²) in [5, 5.41) is 12.2. The molecule has 2 aromatic rings. The maximum Gasteiger partial charge on any atom is 0.335 e. The van der Waals surface area contributed by atoms with E-state index in [9.17, 15) is 9.59 Å². The van der Waals surface area contributed by atoms with Crippen LogP contribution in [0.2, 0.25) is 18.1 Å². The van der Waals surface area contributed by atoms with E-state index in [1.807, 2.05) is 12.1 Å². The molecule has 0 aliphatic heterocycles. The lowest BCUT2D eigenvalue weighted by molar-refractivity contribution is -0.00588. The molecule has 4 aliphatic carbocycles. The van der Waals surface area contributed by atoms with E-state index in [0.29, 0.717) is 11.3 Å². The molecule has 0 unspecified atom stereocenters. The van der Waals surface area contributed by atoms with Gasteiger partial charge in [0.15, 0.2) is 0 Å². The summed E-state index contributed by atoms with van der Waals surface area (Å²) in [5.74, 6) is 2.20. The predicted molar refractivity (Wildman–Crippen MR) is 145 cm³/mol. The summed E-state index contributed by atoms with van der Waals surface area (Å²) in [4.78, 5) is 24.5. The van der Waals surface area contributed by atoms with E-state index in [-0.39, 0.29) is 21.9 Å². The minimum Gasteiger partial charge on any atom is -0.543 e. The molecule has 4 saturated carbocycles. The first kappa shape index (κ1) is 25.1. The third-order valence-corrected chi connectivity index (χ3v) is 13.8. The number of carboxylic acid groups (broad SMARTS) is 1. The van der Waals surface area contributed by atoms with Crippen LogP contribution < -0.4 is 9.74 Å². The highest BCUT2D eigenvalue weighted by atomic mass is 28.4. The van der Waals surface area contributed by atoms with Crippen molar-refractivity contribution in [3.63, 3.8) is 0 Å². The number of aromatic carboxylic acids is 1. The highest BCUT2D eigenvalue weighted by Gasteiger charge is 2.53. The Hall–Kier alpha value is -2.60. The molecule has 5 nitrogen and oxygen atoms in total. The van der Waals surface area contributed by atoms with Crippen molar-refractivity contribution in [1.29, 1.82) is 0 Å². The molecule has 2 N–H and O–H groups in total. The summed E-state index contributed by atoms with van der Waals surface area (Å²) in [7, 11) is -2.06. The Morgan fingerprint density at radius 1 is 0.917 bits per heavy atom. The first-order valence-electron chi connectivity index (χ1n) is 13.3. The molecule has 0 saturated heterocycles. The molecule has 192 valence electrons. The van der Waals surface area contributed by atoms with Crippen LogP contribution in [-0.4, -0.2) is 25.3 Å². The zero-order valence-corrected chi connectivity index (χ0v) is 23.2. The fourth-order valence-corrected chi connectivity index (χ4v) is 7.98. The lowest BCUT2D eigenvalue weighted by atomic mass is 9.48. The fourth-order valence-electron chi connectivity index (χ4n) is 6.94. The van der Waals surface area contributed by atoms with Crippen molar-refractivity contribution in [3.8, 4) is 5.75 Å². The molecule has 0 heterocycles. The normalized spacial score (nSPS) is 27.1. The van der Waals surface area contributed by atoms with Crippen molar-refractivity contribution in [1.82, 2.24) is 0 Å². The van der Waals surface area contributed by atoms with Crippen molar-refractivity contribution >= 4 is 25.9 Å². The number of carbonyl (C=O) groups excluding carboxylic acids is 1. The van der Waals surface area contributed by atoms with E-state index in [1.54, 1.807) is 12.1 Å². The lowest BCUT2D eigenvalue weighted by Gasteiger charge is -2.57. The second kappa shape index (κ2) is 8.75. The van der Waals surface area contributed by atoms with Gasteiger partial charge in [0.05, 0.1) is 5.56 Å². The van der Waals surface area contributed by atoms with Gasteiger partial charge in [0.2, 0.25) is 8.32 Å².